The molecular weight excluding hydrogens is 312 g/mol. The summed E-state index contributed by atoms with van der Waals surface area (Å²) in [5.41, 5.74) is 0.673. The highest BCUT2D eigenvalue weighted by molar-refractivity contribution is 6.30. The molecule has 0 bridgehead atoms. The van der Waals surface area contributed by atoms with Gasteiger partial charge in [0.25, 0.3) is 5.91 Å². The van der Waals surface area contributed by atoms with Crippen LogP contribution in [-0.4, -0.2) is 19.1 Å². The molecule has 0 saturated heterocycles. The van der Waals surface area contributed by atoms with Gasteiger partial charge < -0.3 is 10.1 Å². The topological polar surface area (TPSA) is 62.1 Å². The predicted octanol–water partition coefficient (Wildman–Crippen LogP) is 3.95. The third kappa shape index (κ3) is 4.49. The molecule has 0 heterocycles. The van der Waals surface area contributed by atoms with Crippen molar-refractivity contribution in [2.45, 2.75) is 38.6 Å². The SMILES string of the molecule is COc1ccc(Cl)cc1/C=C(\C#N)C(=O)N[C@H]1CCCC[C@H]1C. The minimum absolute atomic E-state index is 0.0586. The van der Waals surface area contributed by atoms with Crippen molar-refractivity contribution < 1.29 is 9.53 Å². The Labute approximate surface area is 142 Å². The fourth-order valence-electron chi connectivity index (χ4n) is 2.90. The minimum atomic E-state index is -0.340. The van der Waals surface area contributed by atoms with E-state index in [0.29, 0.717) is 22.3 Å². The number of hydrogen-bond donors (Lipinski definition) is 1. The first-order valence-electron chi connectivity index (χ1n) is 7.81. The van der Waals surface area contributed by atoms with Crippen LogP contribution < -0.4 is 10.1 Å². The number of carbonyl (C=O) groups is 1. The van der Waals surface area contributed by atoms with E-state index in [-0.39, 0.29) is 17.5 Å². The van der Waals surface area contributed by atoms with Gasteiger partial charge in [-0.1, -0.05) is 31.4 Å². The third-order valence-corrected chi connectivity index (χ3v) is 4.52. The number of nitrogens with zero attached hydrogens (tertiary/aromatic N) is 1. The zero-order valence-electron chi connectivity index (χ0n) is 13.4. The Hall–Kier alpha value is -1.99. The largest absolute Gasteiger partial charge is 0.496 e. The summed E-state index contributed by atoms with van der Waals surface area (Å²) in [4.78, 5) is 12.4. The van der Waals surface area contributed by atoms with E-state index in [0.717, 1.165) is 19.3 Å². The molecule has 5 heteroatoms. The van der Waals surface area contributed by atoms with E-state index in [9.17, 15) is 10.1 Å². The maximum absolute atomic E-state index is 12.4. The highest BCUT2D eigenvalue weighted by Gasteiger charge is 2.24. The summed E-state index contributed by atoms with van der Waals surface area (Å²) in [6, 6.07) is 7.20. The van der Waals surface area contributed by atoms with Crippen LogP contribution in [0.25, 0.3) is 6.08 Å². The number of hydrogen-bond acceptors (Lipinski definition) is 3. The number of nitrogens with one attached hydrogen (secondary N) is 1. The number of carbonyl (C=O) groups excluding carboxylic acids is 1. The van der Waals surface area contributed by atoms with Crippen molar-refractivity contribution in [1.29, 1.82) is 5.26 Å². The molecule has 23 heavy (non-hydrogen) atoms. The van der Waals surface area contributed by atoms with Crippen molar-refractivity contribution in [3.8, 4) is 11.8 Å². The first-order chi connectivity index (χ1) is 11.0. The summed E-state index contributed by atoms with van der Waals surface area (Å²) in [5, 5.41) is 12.8. The van der Waals surface area contributed by atoms with Crippen molar-refractivity contribution in [2.75, 3.05) is 7.11 Å². The molecule has 2 atom stereocenters. The van der Waals surface area contributed by atoms with E-state index in [1.807, 2.05) is 6.07 Å². The zero-order chi connectivity index (χ0) is 16.8. The van der Waals surface area contributed by atoms with Gasteiger partial charge in [0.05, 0.1) is 7.11 Å². The van der Waals surface area contributed by atoms with Crippen LogP contribution in [-0.2, 0) is 4.79 Å². The Morgan fingerprint density at radius 3 is 2.83 bits per heavy atom. The van der Waals surface area contributed by atoms with Gasteiger partial charge in [-0.2, -0.15) is 5.26 Å². The Bertz CT molecular complexity index is 649. The lowest BCUT2D eigenvalue weighted by molar-refractivity contribution is -0.118. The van der Waals surface area contributed by atoms with Gasteiger partial charge in [-0.15, -0.1) is 0 Å². The molecular formula is C18H21ClN2O2. The number of methoxy groups -OCH3 is 1. The van der Waals surface area contributed by atoms with E-state index in [1.54, 1.807) is 18.2 Å². The quantitative estimate of drug-likeness (QED) is 0.670. The van der Waals surface area contributed by atoms with Crippen molar-refractivity contribution in [2.24, 2.45) is 5.92 Å². The highest BCUT2D eigenvalue weighted by atomic mass is 35.5. The van der Waals surface area contributed by atoms with Crippen LogP contribution in [0.4, 0.5) is 0 Å². The van der Waals surface area contributed by atoms with Crippen LogP contribution in [0, 0.1) is 17.2 Å². The van der Waals surface area contributed by atoms with Gasteiger partial charge in [0.15, 0.2) is 0 Å². The lowest BCUT2D eigenvalue weighted by atomic mass is 9.86. The maximum atomic E-state index is 12.4. The summed E-state index contributed by atoms with van der Waals surface area (Å²) in [5.74, 6) is 0.669. The van der Waals surface area contributed by atoms with E-state index in [4.69, 9.17) is 16.3 Å². The summed E-state index contributed by atoms with van der Waals surface area (Å²) >= 11 is 5.99. The van der Waals surface area contributed by atoms with Gasteiger partial charge in [0, 0.05) is 16.6 Å². The Morgan fingerprint density at radius 2 is 2.17 bits per heavy atom. The average Bonchev–Trinajstić information content (AvgIpc) is 2.54. The fourth-order valence-corrected chi connectivity index (χ4v) is 3.08. The fraction of sp³-hybridized carbons (Fsp3) is 0.444. The minimum Gasteiger partial charge on any atom is -0.496 e. The number of nitriles is 1. The summed E-state index contributed by atoms with van der Waals surface area (Å²) in [7, 11) is 1.54. The molecule has 1 amide bonds. The van der Waals surface area contributed by atoms with E-state index in [1.165, 1.54) is 19.6 Å². The van der Waals surface area contributed by atoms with Gasteiger partial charge in [0.1, 0.15) is 17.4 Å². The summed E-state index contributed by atoms with van der Waals surface area (Å²) in [6.45, 7) is 2.14. The second-order valence-corrected chi connectivity index (χ2v) is 6.33. The van der Waals surface area contributed by atoms with Crippen LogP contribution >= 0.6 is 11.6 Å². The summed E-state index contributed by atoms with van der Waals surface area (Å²) < 4.78 is 5.25. The van der Waals surface area contributed by atoms with Crippen LogP contribution in [0.15, 0.2) is 23.8 Å². The molecule has 1 aromatic rings. The molecule has 1 saturated carbocycles. The lowest BCUT2D eigenvalue weighted by Gasteiger charge is -2.29. The Balaban J connectivity index is 2.20. The predicted molar refractivity (Wildman–Crippen MR) is 91.2 cm³/mol. The summed E-state index contributed by atoms with van der Waals surface area (Å²) in [6.07, 6.45) is 5.91. The first kappa shape index (κ1) is 17.4. The second kappa shape index (κ2) is 8.03. The highest BCUT2D eigenvalue weighted by Crippen LogP contribution is 2.26. The van der Waals surface area contributed by atoms with Crippen LogP contribution in [0.5, 0.6) is 5.75 Å². The molecule has 0 spiro atoms. The standard InChI is InChI=1S/C18H21ClN2O2/c1-12-5-3-4-6-16(12)21-18(22)14(11-20)9-13-10-15(19)7-8-17(13)23-2/h7-10,12,16H,3-6H2,1-2H3,(H,21,22)/b14-9+/t12-,16+/m1/s1. The molecule has 4 nitrogen and oxygen atoms in total. The second-order valence-electron chi connectivity index (χ2n) is 5.90. The van der Waals surface area contributed by atoms with E-state index >= 15 is 0 Å². The van der Waals surface area contributed by atoms with Gasteiger partial charge in [-0.25, -0.2) is 0 Å². The Morgan fingerprint density at radius 1 is 1.43 bits per heavy atom. The number of halogens is 1. The molecule has 1 aliphatic carbocycles. The zero-order valence-corrected chi connectivity index (χ0v) is 14.2. The van der Waals surface area contributed by atoms with Crippen LogP contribution in [0.1, 0.15) is 38.2 Å². The van der Waals surface area contributed by atoms with Crippen molar-refractivity contribution in [3.63, 3.8) is 0 Å². The maximum Gasteiger partial charge on any atom is 0.262 e. The molecule has 1 aromatic carbocycles. The molecule has 1 fully saturated rings. The lowest BCUT2D eigenvalue weighted by Crippen LogP contribution is -2.41. The van der Waals surface area contributed by atoms with Crippen molar-refractivity contribution in [3.05, 3.63) is 34.4 Å². The smallest absolute Gasteiger partial charge is 0.262 e. The molecule has 1 aliphatic rings. The van der Waals surface area contributed by atoms with Crippen molar-refractivity contribution in [1.82, 2.24) is 5.32 Å². The number of benzene rings is 1. The number of amides is 1. The van der Waals surface area contributed by atoms with Gasteiger partial charge >= 0.3 is 0 Å². The van der Waals surface area contributed by atoms with Crippen LogP contribution in [0.2, 0.25) is 5.02 Å². The number of ether oxygens (including phenoxy) is 1. The molecule has 2 rings (SSSR count). The molecule has 0 unspecified atom stereocenters. The normalized spacial score (nSPS) is 21.4. The van der Waals surface area contributed by atoms with Gasteiger partial charge in [-0.05, 0) is 43.0 Å². The first-order valence-corrected chi connectivity index (χ1v) is 8.19. The molecule has 0 aliphatic heterocycles. The van der Waals surface area contributed by atoms with E-state index < -0.39 is 0 Å². The molecule has 0 aromatic heterocycles. The number of rotatable bonds is 4. The molecule has 0 radical (unpaired) electrons. The monoisotopic (exact) mass is 332 g/mol. The van der Waals surface area contributed by atoms with Crippen molar-refractivity contribution >= 4 is 23.6 Å². The molecule has 1 N–H and O–H groups in total. The van der Waals surface area contributed by atoms with Crippen LogP contribution in [0.3, 0.4) is 0 Å². The molecule has 122 valence electrons. The van der Waals surface area contributed by atoms with Gasteiger partial charge in [-0.3, -0.25) is 4.79 Å². The van der Waals surface area contributed by atoms with E-state index in [2.05, 4.69) is 12.2 Å². The Kier molecular flexibility index (Phi) is 6.06. The van der Waals surface area contributed by atoms with Gasteiger partial charge in [0.2, 0.25) is 0 Å². The third-order valence-electron chi connectivity index (χ3n) is 4.28. The average molecular weight is 333 g/mol.